The Morgan fingerprint density at radius 2 is 1.60 bits per heavy atom. The van der Waals surface area contributed by atoms with Crippen LogP contribution in [0.3, 0.4) is 0 Å². The summed E-state index contributed by atoms with van der Waals surface area (Å²) in [7, 11) is -3.92. The molecule has 0 atom stereocenters. The van der Waals surface area contributed by atoms with Crippen molar-refractivity contribution in [1.82, 2.24) is 0 Å². The molecular formula is C18H30NO5S-. The van der Waals surface area contributed by atoms with Crippen LogP contribution in [0, 0.1) is 0 Å². The zero-order valence-corrected chi connectivity index (χ0v) is 15.8. The lowest BCUT2D eigenvalue weighted by molar-refractivity contribution is 0.0260. The molecule has 1 aliphatic rings. The summed E-state index contributed by atoms with van der Waals surface area (Å²) in [6.45, 7) is 1.68. The SMILES string of the molecule is CS(=O)(=O)[O-].Nc1ccc(OCCCCCOC2CCCCC2)cc1. The lowest BCUT2D eigenvalue weighted by Gasteiger charge is -2.21. The minimum Gasteiger partial charge on any atom is -0.748 e. The molecule has 1 fully saturated rings. The van der Waals surface area contributed by atoms with Crippen molar-refractivity contribution in [3.63, 3.8) is 0 Å². The van der Waals surface area contributed by atoms with E-state index in [1.807, 2.05) is 24.3 Å². The molecule has 144 valence electrons. The van der Waals surface area contributed by atoms with Crippen LogP contribution in [0.4, 0.5) is 5.69 Å². The molecule has 0 amide bonds. The highest BCUT2D eigenvalue weighted by molar-refractivity contribution is 7.84. The molecule has 2 rings (SSSR count). The van der Waals surface area contributed by atoms with E-state index in [2.05, 4.69) is 0 Å². The first-order chi connectivity index (χ1) is 11.8. The van der Waals surface area contributed by atoms with Crippen LogP contribution in [0.5, 0.6) is 5.75 Å². The molecule has 0 aliphatic heterocycles. The zero-order chi connectivity index (χ0) is 18.5. The number of unbranched alkanes of at least 4 members (excludes halogenated alkanes) is 2. The lowest BCUT2D eigenvalue weighted by atomic mass is 9.98. The van der Waals surface area contributed by atoms with Crippen LogP contribution < -0.4 is 10.5 Å². The van der Waals surface area contributed by atoms with Crippen LogP contribution >= 0.6 is 0 Å². The monoisotopic (exact) mass is 372 g/mol. The molecular weight excluding hydrogens is 342 g/mol. The molecule has 0 radical (unpaired) electrons. The van der Waals surface area contributed by atoms with E-state index in [0.29, 0.717) is 12.4 Å². The number of hydrogen-bond donors (Lipinski definition) is 1. The van der Waals surface area contributed by atoms with Gasteiger partial charge in [-0.05, 0) is 56.4 Å². The molecule has 0 saturated heterocycles. The fourth-order valence-corrected chi connectivity index (χ4v) is 2.62. The van der Waals surface area contributed by atoms with Gasteiger partial charge in [0.05, 0.1) is 22.8 Å². The highest BCUT2D eigenvalue weighted by atomic mass is 32.2. The second-order valence-corrected chi connectivity index (χ2v) is 7.72. The van der Waals surface area contributed by atoms with Gasteiger partial charge in [-0.15, -0.1) is 0 Å². The quantitative estimate of drug-likeness (QED) is 0.427. The van der Waals surface area contributed by atoms with Gasteiger partial charge in [0.2, 0.25) is 0 Å². The summed E-state index contributed by atoms with van der Waals surface area (Å²) in [6, 6.07) is 7.57. The van der Waals surface area contributed by atoms with Gasteiger partial charge in [0.15, 0.2) is 0 Å². The normalized spacial score (nSPS) is 15.3. The third-order valence-corrected chi connectivity index (χ3v) is 3.84. The predicted molar refractivity (Wildman–Crippen MR) is 98.6 cm³/mol. The summed E-state index contributed by atoms with van der Waals surface area (Å²) >= 11 is 0. The van der Waals surface area contributed by atoms with E-state index in [-0.39, 0.29) is 0 Å². The molecule has 6 nitrogen and oxygen atoms in total. The van der Waals surface area contributed by atoms with E-state index < -0.39 is 10.1 Å². The van der Waals surface area contributed by atoms with Gasteiger partial charge >= 0.3 is 0 Å². The maximum absolute atomic E-state index is 9.08. The average molecular weight is 373 g/mol. The molecule has 1 aliphatic carbocycles. The largest absolute Gasteiger partial charge is 0.748 e. The number of ether oxygens (including phenoxy) is 2. The Bertz CT molecular complexity index is 545. The molecule has 2 N–H and O–H groups in total. The van der Waals surface area contributed by atoms with E-state index in [4.69, 9.17) is 28.2 Å². The molecule has 0 spiro atoms. The van der Waals surface area contributed by atoms with Crippen LogP contribution in [-0.4, -0.2) is 38.5 Å². The number of rotatable bonds is 8. The van der Waals surface area contributed by atoms with Crippen LogP contribution in [0.1, 0.15) is 51.4 Å². The van der Waals surface area contributed by atoms with Gasteiger partial charge in [0.1, 0.15) is 5.75 Å². The van der Waals surface area contributed by atoms with Crippen LogP contribution in [0.15, 0.2) is 24.3 Å². The Kier molecular flexibility index (Phi) is 10.5. The van der Waals surface area contributed by atoms with Crippen molar-refractivity contribution in [3.05, 3.63) is 24.3 Å². The maximum atomic E-state index is 9.08. The molecule has 1 saturated carbocycles. The van der Waals surface area contributed by atoms with Crippen molar-refractivity contribution in [2.45, 2.75) is 57.5 Å². The summed E-state index contributed by atoms with van der Waals surface area (Å²) in [4.78, 5) is 0. The number of hydrogen-bond acceptors (Lipinski definition) is 6. The summed E-state index contributed by atoms with van der Waals surface area (Å²) in [6.07, 6.45) is 11.1. The van der Waals surface area contributed by atoms with Crippen LogP contribution in [0.2, 0.25) is 0 Å². The lowest BCUT2D eigenvalue weighted by Crippen LogP contribution is -2.17. The van der Waals surface area contributed by atoms with Gasteiger partial charge in [-0.3, -0.25) is 0 Å². The Morgan fingerprint density at radius 3 is 2.20 bits per heavy atom. The van der Waals surface area contributed by atoms with Gasteiger partial charge in [-0.25, -0.2) is 8.42 Å². The Morgan fingerprint density at radius 1 is 1.04 bits per heavy atom. The number of nitrogen functional groups attached to an aromatic ring is 1. The van der Waals surface area contributed by atoms with Gasteiger partial charge in [-0.1, -0.05) is 19.3 Å². The number of anilines is 1. The Hall–Kier alpha value is -1.31. The van der Waals surface area contributed by atoms with Crippen molar-refractivity contribution < 1.29 is 22.4 Å². The van der Waals surface area contributed by atoms with E-state index in [1.54, 1.807) is 0 Å². The molecule has 0 bridgehead atoms. The van der Waals surface area contributed by atoms with E-state index in [9.17, 15) is 0 Å². The Labute approximate surface area is 151 Å². The highest BCUT2D eigenvalue weighted by Gasteiger charge is 2.12. The smallest absolute Gasteiger partial charge is 0.119 e. The molecule has 0 heterocycles. The van der Waals surface area contributed by atoms with E-state index in [0.717, 1.165) is 37.5 Å². The third kappa shape index (κ3) is 13.6. The zero-order valence-electron chi connectivity index (χ0n) is 15.0. The fourth-order valence-electron chi connectivity index (χ4n) is 2.62. The van der Waals surface area contributed by atoms with Gasteiger partial charge < -0.3 is 19.8 Å². The fraction of sp³-hybridized carbons (Fsp3) is 0.667. The average Bonchev–Trinajstić information content (AvgIpc) is 2.55. The summed E-state index contributed by atoms with van der Waals surface area (Å²) in [5, 5.41) is 0. The first-order valence-corrected chi connectivity index (χ1v) is 10.7. The molecule has 7 heteroatoms. The standard InChI is InChI=1S/C17H27NO2.CH4O3S/c18-15-9-11-17(12-10-15)20-14-6-2-5-13-19-16-7-3-1-4-8-16;1-5(2,3)4/h9-12,16H,1-8,13-14,18H2;1H3,(H,2,3,4)/p-1. The summed E-state index contributed by atoms with van der Waals surface area (Å²) in [5.74, 6) is 0.901. The van der Waals surface area contributed by atoms with Crippen LogP contribution in [0.25, 0.3) is 0 Å². The van der Waals surface area contributed by atoms with Crippen molar-refractivity contribution in [3.8, 4) is 5.75 Å². The van der Waals surface area contributed by atoms with E-state index >= 15 is 0 Å². The predicted octanol–water partition coefficient (Wildman–Crippen LogP) is 3.33. The van der Waals surface area contributed by atoms with Crippen molar-refractivity contribution in [2.24, 2.45) is 0 Å². The van der Waals surface area contributed by atoms with Crippen molar-refractivity contribution >= 4 is 15.8 Å². The Balaban J connectivity index is 0.000000550. The second kappa shape index (κ2) is 12.1. The molecule has 1 aromatic rings. The van der Waals surface area contributed by atoms with Gasteiger partial charge in [0.25, 0.3) is 0 Å². The summed E-state index contributed by atoms with van der Waals surface area (Å²) in [5.41, 5.74) is 6.40. The molecule has 0 unspecified atom stereocenters. The highest BCUT2D eigenvalue weighted by Crippen LogP contribution is 2.20. The number of benzene rings is 1. The van der Waals surface area contributed by atoms with Gasteiger partial charge in [0, 0.05) is 18.6 Å². The van der Waals surface area contributed by atoms with Crippen molar-refractivity contribution in [1.29, 1.82) is 0 Å². The van der Waals surface area contributed by atoms with Crippen LogP contribution in [-0.2, 0) is 14.9 Å². The van der Waals surface area contributed by atoms with E-state index in [1.165, 1.54) is 38.5 Å². The topological polar surface area (TPSA) is 102 Å². The van der Waals surface area contributed by atoms with Gasteiger partial charge in [-0.2, -0.15) is 0 Å². The minimum atomic E-state index is -3.92. The van der Waals surface area contributed by atoms with Crippen molar-refractivity contribution in [2.75, 3.05) is 25.2 Å². The third-order valence-electron chi connectivity index (χ3n) is 3.84. The molecule has 1 aromatic carbocycles. The maximum Gasteiger partial charge on any atom is 0.119 e. The first-order valence-electron chi connectivity index (χ1n) is 8.85. The minimum absolute atomic E-state index is 0.537. The molecule has 25 heavy (non-hydrogen) atoms. The summed E-state index contributed by atoms with van der Waals surface area (Å²) < 4.78 is 38.8. The number of nitrogens with two attached hydrogens (primary N) is 1. The second-order valence-electron chi connectivity index (χ2n) is 6.31. The molecule has 0 aromatic heterocycles. The first kappa shape index (κ1) is 21.7.